The molecule has 0 bridgehead atoms. The van der Waals surface area contributed by atoms with Crippen molar-refractivity contribution in [3.05, 3.63) is 127 Å². The Morgan fingerprint density at radius 3 is 2.20 bits per heavy atom. The first kappa shape index (κ1) is 34.2. The van der Waals surface area contributed by atoms with Crippen molar-refractivity contribution in [1.29, 1.82) is 0 Å². The highest BCUT2D eigenvalue weighted by Crippen LogP contribution is 2.34. The molecule has 3 aromatic rings. The first-order valence-corrected chi connectivity index (χ1v) is 15.6. The van der Waals surface area contributed by atoms with E-state index in [4.69, 9.17) is 0 Å². The molecule has 0 amide bonds. The Labute approximate surface area is 268 Å². The Morgan fingerprint density at radius 1 is 0.864 bits per heavy atom. The molecule has 0 radical (unpaired) electrons. The summed E-state index contributed by atoms with van der Waals surface area (Å²) in [6, 6.07) is 13.1. The number of ketones is 2. The number of carbonyl (C=O) groups excluding carboxylic acids is 2. The van der Waals surface area contributed by atoms with Crippen LogP contribution in [-0.4, -0.2) is 67.9 Å². The molecule has 0 N–H and O–H groups in total. The van der Waals surface area contributed by atoms with E-state index < -0.39 is 0 Å². The van der Waals surface area contributed by atoms with E-state index in [0.717, 1.165) is 38.9 Å². The van der Waals surface area contributed by atoms with Crippen LogP contribution >= 0.6 is 23.5 Å². The molecule has 228 valence electrons. The van der Waals surface area contributed by atoms with E-state index in [-0.39, 0.29) is 32.1 Å². The maximum atomic E-state index is 12.2. The van der Waals surface area contributed by atoms with Crippen molar-refractivity contribution < 1.29 is 9.59 Å². The van der Waals surface area contributed by atoms with Crippen molar-refractivity contribution in [3.63, 3.8) is 0 Å². The number of carbonyl (C=O) groups is 2. The van der Waals surface area contributed by atoms with Gasteiger partial charge in [-0.15, -0.1) is 6.58 Å². The molecule has 0 saturated carbocycles. The van der Waals surface area contributed by atoms with Crippen LogP contribution < -0.4 is 4.90 Å². The Balaban J connectivity index is 0.000000241. The summed E-state index contributed by atoms with van der Waals surface area (Å²) < 4.78 is 0. The number of rotatable bonds is 9. The molecule has 5 rings (SSSR count). The second-order valence-corrected chi connectivity index (χ2v) is 11.6. The van der Waals surface area contributed by atoms with Gasteiger partial charge in [-0.3, -0.25) is 34.4 Å². The fourth-order valence-electron chi connectivity index (χ4n) is 4.21. The molecule has 2 aromatic heterocycles. The summed E-state index contributed by atoms with van der Waals surface area (Å²) in [5.74, 6) is 1.56. The molecule has 1 aromatic carbocycles. The Kier molecular flexibility index (Phi) is 12.9. The van der Waals surface area contributed by atoms with E-state index in [1.165, 1.54) is 11.1 Å². The van der Waals surface area contributed by atoms with Crippen LogP contribution in [0, 0.1) is 13.8 Å². The molecule has 2 aliphatic rings. The smallest absolute Gasteiger partial charge is 0.185 e. The number of nitrogens with zero attached hydrogens (tertiary/aromatic N) is 6. The Hall–Kier alpha value is -4.28. The SMILES string of the molecule is C.C=C1CSC(=NCC(=O)c2cccnc2)N1c1cccc(C)c1C.C=CCN1C(=C)CSC1=NCC(=O)c1ccncc1. The van der Waals surface area contributed by atoms with E-state index in [9.17, 15) is 9.59 Å². The van der Waals surface area contributed by atoms with E-state index in [1.54, 1.807) is 78.7 Å². The third-order valence-electron chi connectivity index (χ3n) is 6.69. The van der Waals surface area contributed by atoms with Gasteiger partial charge >= 0.3 is 0 Å². The van der Waals surface area contributed by atoms with Gasteiger partial charge in [-0.25, -0.2) is 0 Å². The van der Waals surface area contributed by atoms with Gasteiger partial charge in [-0.1, -0.05) is 62.3 Å². The number of aromatic nitrogens is 2. The highest BCUT2D eigenvalue weighted by Gasteiger charge is 2.26. The van der Waals surface area contributed by atoms with Crippen molar-refractivity contribution in [2.45, 2.75) is 21.3 Å². The van der Waals surface area contributed by atoms with Crippen LogP contribution in [0.4, 0.5) is 5.69 Å². The maximum Gasteiger partial charge on any atom is 0.185 e. The quantitative estimate of drug-likeness (QED) is 0.185. The first-order valence-electron chi connectivity index (χ1n) is 13.6. The molecular weight excluding hydrogens is 589 g/mol. The van der Waals surface area contributed by atoms with Gasteiger partial charge in [0.25, 0.3) is 0 Å². The zero-order chi connectivity index (χ0) is 30.8. The summed E-state index contributed by atoms with van der Waals surface area (Å²) in [6.07, 6.45) is 8.25. The molecular formula is C34H38N6O2S2. The number of thioether (sulfide) groups is 2. The predicted molar refractivity (Wildman–Crippen MR) is 187 cm³/mol. The number of aryl methyl sites for hydroxylation is 1. The van der Waals surface area contributed by atoms with Gasteiger partial charge in [0.1, 0.15) is 13.1 Å². The zero-order valence-corrected chi connectivity index (χ0v) is 26.0. The topological polar surface area (TPSA) is 91.1 Å². The Morgan fingerprint density at radius 2 is 1.52 bits per heavy atom. The molecule has 2 aliphatic heterocycles. The average Bonchev–Trinajstić information content (AvgIpc) is 3.58. The van der Waals surface area contributed by atoms with Crippen molar-refractivity contribution in [2.75, 3.05) is 36.0 Å². The number of anilines is 1. The minimum Gasteiger partial charge on any atom is -0.321 e. The normalized spacial score (nSPS) is 16.0. The largest absolute Gasteiger partial charge is 0.321 e. The lowest BCUT2D eigenvalue weighted by molar-refractivity contribution is 0.0994. The van der Waals surface area contributed by atoms with Crippen LogP contribution in [0.15, 0.2) is 114 Å². The van der Waals surface area contributed by atoms with E-state index in [2.05, 4.69) is 70.6 Å². The van der Waals surface area contributed by atoms with Crippen LogP contribution in [0.5, 0.6) is 0 Å². The number of amidine groups is 2. The van der Waals surface area contributed by atoms with Gasteiger partial charge in [0.2, 0.25) is 0 Å². The van der Waals surface area contributed by atoms with Crippen LogP contribution in [0.2, 0.25) is 0 Å². The maximum absolute atomic E-state index is 12.2. The summed E-state index contributed by atoms with van der Waals surface area (Å²) in [5, 5.41) is 1.67. The summed E-state index contributed by atoms with van der Waals surface area (Å²) in [5.41, 5.74) is 6.72. The monoisotopic (exact) mass is 626 g/mol. The van der Waals surface area contributed by atoms with Crippen molar-refractivity contribution >= 4 is 51.1 Å². The number of aliphatic imine (C=N–C) groups is 2. The van der Waals surface area contributed by atoms with Gasteiger partial charge < -0.3 is 4.90 Å². The zero-order valence-electron chi connectivity index (χ0n) is 24.4. The highest BCUT2D eigenvalue weighted by molar-refractivity contribution is 8.15. The number of pyridine rings is 2. The minimum atomic E-state index is -0.0328. The van der Waals surface area contributed by atoms with Crippen LogP contribution in [-0.2, 0) is 0 Å². The third-order valence-corrected chi connectivity index (χ3v) is 8.82. The molecule has 0 unspecified atom stereocenters. The minimum absolute atomic E-state index is 0. The van der Waals surface area contributed by atoms with Crippen molar-refractivity contribution in [1.82, 2.24) is 14.9 Å². The molecule has 0 aliphatic carbocycles. The molecule has 4 heterocycles. The van der Waals surface area contributed by atoms with E-state index in [0.29, 0.717) is 17.7 Å². The summed E-state index contributed by atoms with van der Waals surface area (Å²) in [4.78, 5) is 45.0. The van der Waals surface area contributed by atoms with Crippen LogP contribution in [0.1, 0.15) is 39.3 Å². The molecule has 8 nitrogen and oxygen atoms in total. The number of hydrogen-bond donors (Lipinski definition) is 0. The fourth-order valence-corrected chi connectivity index (χ4v) is 6.12. The first-order chi connectivity index (χ1) is 20.8. The second kappa shape index (κ2) is 16.5. The molecule has 44 heavy (non-hydrogen) atoms. The summed E-state index contributed by atoms with van der Waals surface area (Å²) >= 11 is 3.21. The molecule has 10 heteroatoms. The molecule has 0 spiro atoms. The summed E-state index contributed by atoms with van der Waals surface area (Å²) in [7, 11) is 0. The number of Topliss-reactive ketones (excluding diaryl/α,β-unsaturated/α-hetero) is 2. The van der Waals surface area contributed by atoms with Gasteiger partial charge in [-0.2, -0.15) is 0 Å². The predicted octanol–water partition coefficient (Wildman–Crippen LogP) is 7.01. The summed E-state index contributed by atoms with van der Waals surface area (Å²) in [6.45, 7) is 17.0. The average molecular weight is 627 g/mol. The number of benzene rings is 1. The molecule has 0 atom stereocenters. The van der Waals surface area contributed by atoms with Gasteiger partial charge in [0.15, 0.2) is 21.9 Å². The van der Waals surface area contributed by atoms with Crippen molar-refractivity contribution in [3.8, 4) is 0 Å². The lowest BCUT2D eigenvalue weighted by atomic mass is 10.1. The Bertz CT molecular complexity index is 1570. The standard InChI is InChI=1S/C19H19N3OS.C14H15N3OS.CH4/c1-13-6-4-8-17(15(13)3)22-14(2)12-24-19(22)21-11-18(23)16-7-5-9-20-10-16;1-3-8-17-11(2)10-19-14(17)16-9-13(18)12-4-6-15-7-5-12;/h4-10H,2,11-12H2,1,3H3;3-7H,1-2,8-10H2;1H4. The highest BCUT2D eigenvalue weighted by atomic mass is 32.2. The van der Waals surface area contributed by atoms with Gasteiger partial charge in [-0.05, 0) is 55.3 Å². The molecule has 2 saturated heterocycles. The van der Waals surface area contributed by atoms with E-state index >= 15 is 0 Å². The molecule has 2 fully saturated rings. The lowest BCUT2D eigenvalue weighted by Crippen LogP contribution is -2.23. The third kappa shape index (κ3) is 8.64. The van der Waals surface area contributed by atoms with E-state index in [1.807, 2.05) is 11.0 Å². The lowest BCUT2D eigenvalue weighted by Gasteiger charge is -2.22. The second-order valence-electron chi connectivity index (χ2n) is 9.69. The number of hydrogen-bond acceptors (Lipinski definition) is 8. The van der Waals surface area contributed by atoms with Crippen LogP contribution in [0.3, 0.4) is 0 Å². The van der Waals surface area contributed by atoms with Gasteiger partial charge in [0.05, 0.1) is 5.69 Å². The van der Waals surface area contributed by atoms with Gasteiger partial charge in [0, 0.05) is 65.4 Å². The fraction of sp³-hybridized carbons (Fsp3) is 0.235. The van der Waals surface area contributed by atoms with Crippen molar-refractivity contribution in [2.24, 2.45) is 9.98 Å². The van der Waals surface area contributed by atoms with Crippen LogP contribution in [0.25, 0.3) is 0 Å².